The number of amides is 1. The number of ether oxygens (including phenoxy) is 1. The van der Waals surface area contributed by atoms with Crippen molar-refractivity contribution < 1.29 is 9.53 Å². The van der Waals surface area contributed by atoms with Crippen LogP contribution in [0.3, 0.4) is 0 Å². The topological polar surface area (TPSA) is 41.6 Å². The molecule has 0 unspecified atom stereocenters. The predicted molar refractivity (Wildman–Crippen MR) is 78.3 cm³/mol. The molecule has 0 aromatic rings. The lowest BCUT2D eigenvalue weighted by molar-refractivity contribution is -0.121. The molecule has 0 spiro atoms. The van der Waals surface area contributed by atoms with Gasteiger partial charge in [-0.25, -0.2) is 0 Å². The van der Waals surface area contributed by atoms with Crippen LogP contribution >= 0.6 is 0 Å². The van der Waals surface area contributed by atoms with Gasteiger partial charge >= 0.3 is 0 Å². The molecule has 1 N–H and O–H groups in total. The fourth-order valence-corrected chi connectivity index (χ4v) is 2.33. The molecule has 112 valence electrons. The quantitative estimate of drug-likeness (QED) is 0.619. The third-order valence-corrected chi connectivity index (χ3v) is 3.61. The Morgan fingerprint density at radius 2 is 1.79 bits per heavy atom. The van der Waals surface area contributed by atoms with Crippen molar-refractivity contribution in [2.45, 2.75) is 51.9 Å². The van der Waals surface area contributed by atoms with Gasteiger partial charge in [-0.3, -0.25) is 9.69 Å². The summed E-state index contributed by atoms with van der Waals surface area (Å²) in [7, 11) is 0. The van der Waals surface area contributed by atoms with Gasteiger partial charge in [-0.1, -0.05) is 39.0 Å². The van der Waals surface area contributed by atoms with E-state index >= 15 is 0 Å². The van der Waals surface area contributed by atoms with E-state index in [1.54, 1.807) is 0 Å². The van der Waals surface area contributed by atoms with E-state index in [-0.39, 0.29) is 5.91 Å². The summed E-state index contributed by atoms with van der Waals surface area (Å²) >= 11 is 0. The van der Waals surface area contributed by atoms with Crippen molar-refractivity contribution in [2.24, 2.45) is 0 Å². The lowest BCUT2D eigenvalue weighted by Crippen LogP contribution is -2.41. The van der Waals surface area contributed by atoms with Gasteiger partial charge in [0.2, 0.25) is 5.91 Å². The predicted octanol–water partition coefficient (Wildman–Crippen LogP) is 2.19. The molecule has 4 nitrogen and oxygen atoms in total. The number of carbonyl (C=O) groups excluding carboxylic acids is 1. The van der Waals surface area contributed by atoms with Gasteiger partial charge < -0.3 is 10.1 Å². The Hall–Kier alpha value is -0.610. The Labute approximate surface area is 117 Å². The van der Waals surface area contributed by atoms with Crippen molar-refractivity contribution in [3.05, 3.63) is 0 Å². The maximum absolute atomic E-state index is 11.6. The van der Waals surface area contributed by atoms with Gasteiger partial charge in [0.15, 0.2) is 0 Å². The van der Waals surface area contributed by atoms with E-state index in [0.29, 0.717) is 6.42 Å². The highest BCUT2D eigenvalue weighted by atomic mass is 16.5. The number of carbonyl (C=O) groups is 1. The molecule has 0 radical (unpaired) electrons. The highest BCUT2D eigenvalue weighted by Crippen LogP contribution is 2.06. The van der Waals surface area contributed by atoms with E-state index in [9.17, 15) is 4.79 Å². The second-order valence-corrected chi connectivity index (χ2v) is 5.32. The normalized spacial score (nSPS) is 16.5. The Kier molecular flexibility index (Phi) is 9.72. The Balaban J connectivity index is 1.87. The van der Waals surface area contributed by atoms with Gasteiger partial charge in [-0.05, 0) is 6.42 Å². The molecule has 0 aromatic carbocycles. The van der Waals surface area contributed by atoms with E-state index in [4.69, 9.17) is 4.74 Å². The van der Waals surface area contributed by atoms with Gasteiger partial charge in [-0.15, -0.1) is 0 Å². The summed E-state index contributed by atoms with van der Waals surface area (Å²) in [6.45, 7) is 7.58. The molecule has 19 heavy (non-hydrogen) atoms. The molecule has 1 aliphatic heterocycles. The zero-order valence-electron chi connectivity index (χ0n) is 12.5. The van der Waals surface area contributed by atoms with Crippen LogP contribution in [0.25, 0.3) is 0 Å². The molecule has 0 atom stereocenters. The van der Waals surface area contributed by atoms with Crippen molar-refractivity contribution in [3.63, 3.8) is 0 Å². The minimum atomic E-state index is 0.212. The molecule has 1 heterocycles. The minimum Gasteiger partial charge on any atom is -0.379 e. The lowest BCUT2D eigenvalue weighted by Gasteiger charge is -2.26. The van der Waals surface area contributed by atoms with E-state index in [2.05, 4.69) is 17.1 Å². The minimum absolute atomic E-state index is 0.212. The molecule has 1 saturated heterocycles. The maximum Gasteiger partial charge on any atom is 0.220 e. The zero-order chi connectivity index (χ0) is 13.8. The average molecular weight is 270 g/mol. The van der Waals surface area contributed by atoms with Crippen LogP contribution < -0.4 is 5.32 Å². The molecule has 1 fully saturated rings. The molecule has 0 saturated carbocycles. The Bertz CT molecular complexity index is 228. The van der Waals surface area contributed by atoms with Crippen LogP contribution in [0.4, 0.5) is 0 Å². The molecular weight excluding hydrogens is 240 g/mol. The highest BCUT2D eigenvalue weighted by molar-refractivity contribution is 5.75. The third kappa shape index (κ3) is 9.00. The summed E-state index contributed by atoms with van der Waals surface area (Å²) in [5.74, 6) is 0.212. The van der Waals surface area contributed by atoms with Gasteiger partial charge in [0.25, 0.3) is 0 Å². The fourth-order valence-electron chi connectivity index (χ4n) is 2.33. The fraction of sp³-hybridized carbons (Fsp3) is 0.933. The van der Waals surface area contributed by atoms with E-state index in [1.807, 2.05) is 0 Å². The van der Waals surface area contributed by atoms with Crippen molar-refractivity contribution in [1.29, 1.82) is 0 Å². The van der Waals surface area contributed by atoms with Crippen molar-refractivity contribution in [3.8, 4) is 0 Å². The van der Waals surface area contributed by atoms with Crippen molar-refractivity contribution in [1.82, 2.24) is 10.2 Å². The standard InChI is InChI=1S/C15H30N2O2/c1-2-3-4-5-6-7-8-15(18)16-9-10-17-11-13-19-14-12-17/h2-14H2,1H3,(H,16,18). The summed E-state index contributed by atoms with van der Waals surface area (Å²) in [5.41, 5.74) is 0. The number of morpholine rings is 1. The number of hydrogen-bond donors (Lipinski definition) is 1. The SMILES string of the molecule is CCCCCCCCC(=O)NCCN1CCOCC1. The molecule has 0 bridgehead atoms. The van der Waals surface area contributed by atoms with E-state index < -0.39 is 0 Å². The molecule has 1 aliphatic rings. The highest BCUT2D eigenvalue weighted by Gasteiger charge is 2.09. The van der Waals surface area contributed by atoms with E-state index in [0.717, 1.165) is 45.8 Å². The summed E-state index contributed by atoms with van der Waals surface area (Å²) in [6.07, 6.45) is 8.11. The number of rotatable bonds is 10. The number of nitrogens with zero attached hydrogens (tertiary/aromatic N) is 1. The summed E-state index contributed by atoms with van der Waals surface area (Å²) in [4.78, 5) is 14.0. The number of unbranched alkanes of at least 4 members (excludes halogenated alkanes) is 5. The largest absolute Gasteiger partial charge is 0.379 e. The van der Waals surface area contributed by atoms with Gasteiger partial charge in [0, 0.05) is 32.6 Å². The molecule has 4 heteroatoms. The molecule has 0 aliphatic carbocycles. The lowest BCUT2D eigenvalue weighted by atomic mass is 10.1. The van der Waals surface area contributed by atoms with Crippen LogP contribution in [0.15, 0.2) is 0 Å². The number of hydrogen-bond acceptors (Lipinski definition) is 3. The summed E-state index contributed by atoms with van der Waals surface area (Å²) in [5, 5.41) is 3.01. The first kappa shape index (κ1) is 16.4. The van der Waals surface area contributed by atoms with Crippen LogP contribution in [0.1, 0.15) is 51.9 Å². The first-order valence-corrected chi connectivity index (χ1v) is 7.89. The third-order valence-electron chi connectivity index (χ3n) is 3.61. The Morgan fingerprint density at radius 1 is 1.11 bits per heavy atom. The summed E-state index contributed by atoms with van der Waals surface area (Å²) < 4.78 is 5.29. The van der Waals surface area contributed by atoms with Crippen LogP contribution in [0, 0.1) is 0 Å². The van der Waals surface area contributed by atoms with Gasteiger partial charge in [0.1, 0.15) is 0 Å². The molecular formula is C15H30N2O2. The van der Waals surface area contributed by atoms with Gasteiger partial charge in [-0.2, -0.15) is 0 Å². The van der Waals surface area contributed by atoms with Crippen LogP contribution in [0.2, 0.25) is 0 Å². The van der Waals surface area contributed by atoms with E-state index in [1.165, 1.54) is 32.1 Å². The van der Waals surface area contributed by atoms with Gasteiger partial charge in [0.05, 0.1) is 13.2 Å². The number of nitrogens with one attached hydrogen (secondary N) is 1. The van der Waals surface area contributed by atoms with Crippen LogP contribution in [-0.4, -0.2) is 50.2 Å². The second kappa shape index (κ2) is 11.2. The van der Waals surface area contributed by atoms with Crippen LogP contribution in [-0.2, 0) is 9.53 Å². The van der Waals surface area contributed by atoms with Crippen molar-refractivity contribution >= 4 is 5.91 Å². The zero-order valence-corrected chi connectivity index (χ0v) is 12.5. The second-order valence-electron chi connectivity index (χ2n) is 5.32. The average Bonchev–Trinajstić information content (AvgIpc) is 2.44. The first-order chi connectivity index (χ1) is 9.33. The van der Waals surface area contributed by atoms with Crippen molar-refractivity contribution in [2.75, 3.05) is 39.4 Å². The molecule has 0 aromatic heterocycles. The maximum atomic E-state index is 11.6. The van der Waals surface area contributed by atoms with Crippen LogP contribution in [0.5, 0.6) is 0 Å². The molecule has 1 rings (SSSR count). The Morgan fingerprint density at radius 3 is 2.53 bits per heavy atom. The monoisotopic (exact) mass is 270 g/mol. The summed E-state index contributed by atoms with van der Waals surface area (Å²) in [6, 6.07) is 0. The molecule has 1 amide bonds. The smallest absolute Gasteiger partial charge is 0.220 e. The first-order valence-electron chi connectivity index (χ1n) is 7.89.